The lowest BCUT2D eigenvalue weighted by atomic mass is 9.88. The summed E-state index contributed by atoms with van der Waals surface area (Å²) in [6.07, 6.45) is 23.6. The minimum atomic E-state index is -1.07. The molecule has 3 N–H and O–H groups in total. The number of carbonyl (C=O) groups is 1. The number of carboxylic acid groups (broad SMARTS) is 1. The Bertz CT molecular complexity index is 541. The van der Waals surface area contributed by atoms with Crippen molar-refractivity contribution in [3.63, 3.8) is 0 Å². The standard InChI is InChI=1S/C24H38O4/c1-3-5-7-8-9-10-11-12-13-14-15-16-18-21(17-6-4-2)23(24(27)28)22(26)19-20-25/h5,7,9-10,12-13,15-17,22-23,25-26H,3-4,6,8,11,14,18-20H2,1-2H3,(H,27,28)/b7-5-,10-9-,13-12-,16-15-,21-17-/t22-,23-/m1/s1. The number of rotatable bonds is 16. The average molecular weight is 391 g/mol. The zero-order valence-corrected chi connectivity index (χ0v) is 17.5. The summed E-state index contributed by atoms with van der Waals surface area (Å²) in [4.78, 5) is 11.6. The predicted molar refractivity (Wildman–Crippen MR) is 117 cm³/mol. The maximum absolute atomic E-state index is 11.6. The van der Waals surface area contributed by atoms with Crippen molar-refractivity contribution in [1.29, 1.82) is 0 Å². The van der Waals surface area contributed by atoms with Crippen molar-refractivity contribution in [3.8, 4) is 0 Å². The summed E-state index contributed by atoms with van der Waals surface area (Å²) in [6.45, 7) is 3.93. The monoisotopic (exact) mass is 390 g/mol. The molecule has 158 valence electrons. The highest BCUT2D eigenvalue weighted by molar-refractivity contribution is 5.74. The number of allylic oxidation sites excluding steroid dienone is 9. The van der Waals surface area contributed by atoms with Gasteiger partial charge in [0.15, 0.2) is 0 Å². The van der Waals surface area contributed by atoms with Gasteiger partial charge in [0.1, 0.15) is 5.92 Å². The first kappa shape index (κ1) is 26.1. The van der Waals surface area contributed by atoms with E-state index in [4.69, 9.17) is 5.11 Å². The van der Waals surface area contributed by atoms with Gasteiger partial charge in [-0.05, 0) is 44.9 Å². The lowest BCUT2D eigenvalue weighted by Crippen LogP contribution is -2.30. The van der Waals surface area contributed by atoms with Gasteiger partial charge < -0.3 is 15.3 Å². The van der Waals surface area contributed by atoms with Crippen LogP contribution < -0.4 is 0 Å². The van der Waals surface area contributed by atoms with Crippen LogP contribution in [-0.4, -0.2) is 34.0 Å². The highest BCUT2D eigenvalue weighted by Crippen LogP contribution is 2.23. The Hall–Kier alpha value is -1.91. The number of aliphatic hydroxyl groups excluding tert-OH is 2. The van der Waals surface area contributed by atoms with Gasteiger partial charge in [0.2, 0.25) is 0 Å². The minimum absolute atomic E-state index is 0.0641. The van der Waals surface area contributed by atoms with Crippen molar-refractivity contribution in [2.45, 2.75) is 71.3 Å². The quantitative estimate of drug-likeness (QED) is 0.310. The first-order chi connectivity index (χ1) is 13.6. The van der Waals surface area contributed by atoms with E-state index in [0.29, 0.717) is 12.0 Å². The third-order valence-electron chi connectivity index (χ3n) is 4.24. The predicted octanol–water partition coefficient (Wildman–Crippen LogP) is 5.35. The summed E-state index contributed by atoms with van der Waals surface area (Å²) in [6, 6.07) is 0. The van der Waals surface area contributed by atoms with E-state index < -0.39 is 18.0 Å². The van der Waals surface area contributed by atoms with E-state index in [9.17, 15) is 15.0 Å². The third-order valence-corrected chi connectivity index (χ3v) is 4.24. The number of carboxylic acids is 1. The summed E-state index contributed by atoms with van der Waals surface area (Å²) in [5.74, 6) is -2.01. The second-order valence-corrected chi connectivity index (χ2v) is 6.67. The van der Waals surface area contributed by atoms with E-state index in [2.05, 4.69) is 43.4 Å². The lowest BCUT2D eigenvalue weighted by Gasteiger charge is -2.21. The first-order valence-corrected chi connectivity index (χ1v) is 10.4. The van der Waals surface area contributed by atoms with Gasteiger partial charge in [0, 0.05) is 6.61 Å². The fraction of sp³-hybridized carbons (Fsp3) is 0.542. The number of aliphatic carboxylic acids is 1. The number of hydrogen-bond donors (Lipinski definition) is 3. The molecule has 0 aliphatic rings. The van der Waals surface area contributed by atoms with E-state index in [0.717, 1.165) is 38.5 Å². The molecule has 0 radical (unpaired) electrons. The zero-order valence-electron chi connectivity index (χ0n) is 17.5. The molecule has 4 nitrogen and oxygen atoms in total. The lowest BCUT2D eigenvalue weighted by molar-refractivity contribution is -0.144. The summed E-state index contributed by atoms with van der Waals surface area (Å²) in [5, 5.41) is 28.6. The molecule has 2 atom stereocenters. The molecule has 28 heavy (non-hydrogen) atoms. The Morgan fingerprint density at radius 1 is 0.893 bits per heavy atom. The maximum Gasteiger partial charge on any atom is 0.313 e. The second-order valence-electron chi connectivity index (χ2n) is 6.67. The highest BCUT2D eigenvalue weighted by Gasteiger charge is 2.29. The minimum Gasteiger partial charge on any atom is -0.481 e. The molecule has 4 heteroatoms. The fourth-order valence-electron chi connectivity index (χ4n) is 2.74. The summed E-state index contributed by atoms with van der Waals surface area (Å²) in [5.41, 5.74) is 0.707. The van der Waals surface area contributed by atoms with Crippen molar-refractivity contribution >= 4 is 5.97 Å². The van der Waals surface area contributed by atoms with Crippen LogP contribution in [0.25, 0.3) is 0 Å². The largest absolute Gasteiger partial charge is 0.481 e. The van der Waals surface area contributed by atoms with E-state index in [-0.39, 0.29) is 13.0 Å². The van der Waals surface area contributed by atoms with Gasteiger partial charge in [0.25, 0.3) is 0 Å². The van der Waals surface area contributed by atoms with Crippen molar-refractivity contribution < 1.29 is 20.1 Å². The molecule has 0 saturated heterocycles. The molecular weight excluding hydrogens is 352 g/mol. The van der Waals surface area contributed by atoms with Crippen LogP contribution in [0.15, 0.2) is 60.3 Å². The second kappa shape index (κ2) is 18.5. The molecule has 0 rings (SSSR count). The molecule has 0 fully saturated rings. The Balaban J connectivity index is 4.56. The SMILES string of the molecule is CC/C=C\C/C=C\C/C=C\C/C=C\C/C(=C/CCC)[C@@H](C(=O)O)[C@H](O)CCO. The molecule has 0 amide bonds. The molecule has 0 unspecified atom stereocenters. The van der Waals surface area contributed by atoms with Crippen LogP contribution >= 0.6 is 0 Å². The van der Waals surface area contributed by atoms with Crippen molar-refractivity contribution in [1.82, 2.24) is 0 Å². The van der Waals surface area contributed by atoms with E-state index in [1.54, 1.807) is 0 Å². The molecular formula is C24H38O4. The van der Waals surface area contributed by atoms with E-state index >= 15 is 0 Å². The van der Waals surface area contributed by atoms with Crippen LogP contribution in [0.1, 0.15) is 65.2 Å². The van der Waals surface area contributed by atoms with Gasteiger partial charge in [-0.15, -0.1) is 0 Å². The van der Waals surface area contributed by atoms with Gasteiger partial charge in [-0.2, -0.15) is 0 Å². The van der Waals surface area contributed by atoms with E-state index in [1.165, 1.54) is 0 Å². The van der Waals surface area contributed by atoms with Gasteiger partial charge >= 0.3 is 5.97 Å². The molecule has 0 aromatic heterocycles. The Labute approximate surface area is 170 Å². The van der Waals surface area contributed by atoms with E-state index in [1.807, 2.05) is 25.2 Å². The van der Waals surface area contributed by atoms with Crippen molar-refractivity contribution in [2.24, 2.45) is 5.92 Å². The average Bonchev–Trinajstić information content (AvgIpc) is 2.66. The van der Waals surface area contributed by atoms with Gasteiger partial charge in [-0.25, -0.2) is 0 Å². The molecule has 0 aromatic rings. The van der Waals surface area contributed by atoms with Crippen LogP contribution in [0.3, 0.4) is 0 Å². The Kier molecular flexibility index (Phi) is 17.2. The van der Waals surface area contributed by atoms with Crippen LogP contribution in [0.4, 0.5) is 0 Å². The van der Waals surface area contributed by atoms with Crippen LogP contribution in [0.5, 0.6) is 0 Å². The molecule has 0 bridgehead atoms. The molecule has 0 aliphatic heterocycles. The molecule has 0 aromatic carbocycles. The third kappa shape index (κ3) is 13.3. The Morgan fingerprint density at radius 3 is 1.89 bits per heavy atom. The van der Waals surface area contributed by atoms with Crippen LogP contribution in [0, 0.1) is 5.92 Å². The van der Waals surface area contributed by atoms with Crippen molar-refractivity contribution in [2.75, 3.05) is 6.61 Å². The van der Waals surface area contributed by atoms with Gasteiger partial charge in [0.05, 0.1) is 6.10 Å². The number of hydrogen-bond acceptors (Lipinski definition) is 3. The normalized spacial score (nSPS) is 15.4. The molecule has 0 aliphatic carbocycles. The number of aliphatic hydroxyl groups is 2. The highest BCUT2D eigenvalue weighted by atomic mass is 16.4. The Morgan fingerprint density at radius 2 is 1.43 bits per heavy atom. The van der Waals surface area contributed by atoms with Gasteiger partial charge in [-0.3, -0.25) is 4.79 Å². The van der Waals surface area contributed by atoms with Gasteiger partial charge in [-0.1, -0.05) is 80.5 Å². The number of unbranched alkanes of at least 4 members (excludes halogenated alkanes) is 1. The topological polar surface area (TPSA) is 77.8 Å². The summed E-state index contributed by atoms with van der Waals surface area (Å²) in [7, 11) is 0. The fourth-order valence-corrected chi connectivity index (χ4v) is 2.74. The smallest absolute Gasteiger partial charge is 0.313 e. The van der Waals surface area contributed by atoms with Crippen LogP contribution in [-0.2, 0) is 4.79 Å². The molecule has 0 heterocycles. The summed E-state index contributed by atoms with van der Waals surface area (Å²) < 4.78 is 0. The molecule has 0 spiro atoms. The van der Waals surface area contributed by atoms with Crippen LogP contribution in [0.2, 0.25) is 0 Å². The zero-order chi connectivity index (χ0) is 21.0. The maximum atomic E-state index is 11.6. The van der Waals surface area contributed by atoms with Crippen molar-refractivity contribution in [3.05, 3.63) is 60.3 Å². The summed E-state index contributed by atoms with van der Waals surface area (Å²) >= 11 is 0. The molecule has 0 saturated carbocycles. The first-order valence-electron chi connectivity index (χ1n) is 10.4.